The lowest BCUT2D eigenvalue weighted by atomic mass is 10.4. The summed E-state index contributed by atoms with van der Waals surface area (Å²) in [5.41, 5.74) is -0.0438. The molecule has 0 saturated heterocycles. The normalized spacial score (nSPS) is 11.0. The van der Waals surface area contributed by atoms with Gasteiger partial charge in [-0.15, -0.1) is 34.4 Å². The first kappa shape index (κ1) is 16.2. The quantitative estimate of drug-likeness (QED) is 0.706. The second-order valence-corrected chi connectivity index (χ2v) is 8.29. The predicted molar refractivity (Wildman–Crippen MR) is 96.5 cm³/mol. The van der Waals surface area contributed by atoms with E-state index in [1.165, 1.54) is 27.7 Å². The fourth-order valence-electron chi connectivity index (χ4n) is 2.00. The number of thioether (sulfide) groups is 1. The molecule has 3 heterocycles. The van der Waals surface area contributed by atoms with Gasteiger partial charge in [-0.2, -0.15) is 0 Å². The summed E-state index contributed by atoms with van der Waals surface area (Å²) < 4.78 is 2.47. The number of aromatic nitrogens is 2. The second kappa shape index (κ2) is 6.86. The SMILES string of the molecule is Cc1nc2sc(SCC(=O)NCc3cccs3)cc2c(=O)n1C. The topological polar surface area (TPSA) is 64.0 Å². The average molecular weight is 366 g/mol. The molecule has 3 aromatic heterocycles. The van der Waals surface area contributed by atoms with Gasteiger partial charge in [0.2, 0.25) is 5.91 Å². The molecule has 3 rings (SSSR count). The highest BCUT2D eigenvalue weighted by molar-refractivity contribution is 8.01. The fourth-order valence-corrected chi connectivity index (χ4v) is 4.67. The Bertz CT molecular complexity index is 897. The van der Waals surface area contributed by atoms with Crippen molar-refractivity contribution in [3.8, 4) is 0 Å². The summed E-state index contributed by atoms with van der Waals surface area (Å²) >= 11 is 4.51. The number of nitrogens with one attached hydrogen (secondary N) is 1. The maximum absolute atomic E-state index is 12.2. The Kier molecular flexibility index (Phi) is 4.84. The van der Waals surface area contributed by atoms with Crippen LogP contribution in [0.2, 0.25) is 0 Å². The Hall–Kier alpha value is -1.64. The minimum absolute atomic E-state index is 0.0158. The van der Waals surface area contributed by atoms with Crippen LogP contribution >= 0.6 is 34.4 Å². The van der Waals surface area contributed by atoms with Crippen molar-refractivity contribution < 1.29 is 4.79 Å². The molecular weight excluding hydrogens is 350 g/mol. The standard InChI is InChI=1S/C15H15N3O2S3/c1-9-17-14-11(15(20)18(9)2)6-13(23-14)22-8-12(19)16-7-10-4-3-5-21-10/h3-6H,7-8H2,1-2H3,(H,16,19). The Morgan fingerprint density at radius 3 is 3.04 bits per heavy atom. The molecule has 0 aliphatic rings. The van der Waals surface area contributed by atoms with Crippen LogP contribution in [0.3, 0.4) is 0 Å². The van der Waals surface area contributed by atoms with E-state index < -0.39 is 0 Å². The van der Waals surface area contributed by atoms with E-state index in [1.54, 1.807) is 18.4 Å². The van der Waals surface area contributed by atoms with Crippen LogP contribution in [-0.2, 0) is 18.4 Å². The van der Waals surface area contributed by atoms with Gasteiger partial charge in [-0.25, -0.2) is 4.98 Å². The molecule has 0 spiro atoms. The van der Waals surface area contributed by atoms with Gasteiger partial charge in [0.25, 0.3) is 5.56 Å². The summed E-state index contributed by atoms with van der Waals surface area (Å²) in [7, 11) is 1.71. The summed E-state index contributed by atoms with van der Waals surface area (Å²) in [6.07, 6.45) is 0. The second-order valence-electron chi connectivity index (χ2n) is 4.95. The molecule has 0 aliphatic heterocycles. The first-order chi connectivity index (χ1) is 11.0. The molecule has 23 heavy (non-hydrogen) atoms. The largest absolute Gasteiger partial charge is 0.350 e. The van der Waals surface area contributed by atoms with E-state index in [2.05, 4.69) is 10.3 Å². The van der Waals surface area contributed by atoms with E-state index in [-0.39, 0.29) is 11.5 Å². The van der Waals surface area contributed by atoms with Crippen LogP contribution in [0, 0.1) is 6.92 Å². The fraction of sp³-hybridized carbons (Fsp3) is 0.267. The van der Waals surface area contributed by atoms with Gasteiger partial charge in [-0.1, -0.05) is 6.07 Å². The van der Waals surface area contributed by atoms with Gasteiger partial charge in [0.1, 0.15) is 10.7 Å². The zero-order chi connectivity index (χ0) is 16.4. The van der Waals surface area contributed by atoms with Crippen LogP contribution in [0.15, 0.2) is 32.6 Å². The van der Waals surface area contributed by atoms with Gasteiger partial charge < -0.3 is 5.32 Å². The van der Waals surface area contributed by atoms with Crippen LogP contribution in [0.25, 0.3) is 10.2 Å². The van der Waals surface area contributed by atoms with Crippen LogP contribution < -0.4 is 10.9 Å². The highest BCUT2D eigenvalue weighted by Crippen LogP contribution is 2.30. The number of carbonyl (C=O) groups excluding carboxylic acids is 1. The molecule has 0 unspecified atom stereocenters. The number of thiophene rings is 2. The molecule has 0 saturated carbocycles. The van der Waals surface area contributed by atoms with E-state index in [1.807, 2.05) is 30.5 Å². The maximum Gasteiger partial charge on any atom is 0.262 e. The summed E-state index contributed by atoms with van der Waals surface area (Å²) in [5, 5.41) is 5.50. The third-order valence-corrected chi connectivity index (χ3v) is 6.47. The lowest BCUT2D eigenvalue weighted by molar-refractivity contribution is -0.118. The van der Waals surface area contributed by atoms with Gasteiger partial charge in [-0.05, 0) is 24.4 Å². The Balaban J connectivity index is 1.64. The summed E-state index contributed by atoms with van der Waals surface area (Å²) in [5.74, 6) is 1.00. The van der Waals surface area contributed by atoms with Crippen molar-refractivity contribution in [2.75, 3.05) is 5.75 Å². The molecular formula is C15H15N3O2S3. The third-order valence-electron chi connectivity index (χ3n) is 3.36. The van der Waals surface area contributed by atoms with Crippen molar-refractivity contribution in [3.05, 3.63) is 44.6 Å². The molecule has 0 bridgehead atoms. The van der Waals surface area contributed by atoms with Crippen molar-refractivity contribution in [1.82, 2.24) is 14.9 Å². The molecule has 0 fully saturated rings. The van der Waals surface area contributed by atoms with Crippen molar-refractivity contribution in [2.24, 2.45) is 7.05 Å². The minimum atomic E-state index is -0.0438. The van der Waals surface area contributed by atoms with E-state index in [9.17, 15) is 9.59 Å². The molecule has 0 radical (unpaired) electrons. The van der Waals surface area contributed by atoms with Crippen LogP contribution in [-0.4, -0.2) is 21.2 Å². The number of rotatable bonds is 5. The van der Waals surface area contributed by atoms with Gasteiger partial charge in [0.15, 0.2) is 0 Å². The lowest BCUT2D eigenvalue weighted by Gasteiger charge is -2.02. The van der Waals surface area contributed by atoms with Gasteiger partial charge in [0.05, 0.1) is 21.9 Å². The number of amides is 1. The van der Waals surface area contributed by atoms with Gasteiger partial charge in [-0.3, -0.25) is 14.2 Å². The van der Waals surface area contributed by atoms with Crippen molar-refractivity contribution in [1.29, 1.82) is 0 Å². The lowest BCUT2D eigenvalue weighted by Crippen LogP contribution is -2.23. The number of nitrogens with zero attached hydrogens (tertiary/aromatic N) is 2. The number of hydrogen-bond donors (Lipinski definition) is 1. The van der Waals surface area contributed by atoms with E-state index >= 15 is 0 Å². The molecule has 0 aromatic carbocycles. The highest BCUT2D eigenvalue weighted by atomic mass is 32.2. The molecule has 0 aliphatic carbocycles. The van der Waals surface area contributed by atoms with Gasteiger partial charge >= 0.3 is 0 Å². The van der Waals surface area contributed by atoms with Crippen LogP contribution in [0.5, 0.6) is 0 Å². The van der Waals surface area contributed by atoms with Crippen LogP contribution in [0.1, 0.15) is 10.7 Å². The predicted octanol–water partition coefficient (Wildman–Crippen LogP) is 2.77. The summed E-state index contributed by atoms with van der Waals surface area (Å²) in [4.78, 5) is 30.4. The Morgan fingerprint density at radius 2 is 2.30 bits per heavy atom. The summed E-state index contributed by atoms with van der Waals surface area (Å²) in [6, 6.07) is 5.79. The molecule has 8 heteroatoms. The molecule has 0 atom stereocenters. The smallest absolute Gasteiger partial charge is 0.262 e. The zero-order valence-electron chi connectivity index (χ0n) is 12.7. The number of aryl methyl sites for hydroxylation is 1. The van der Waals surface area contributed by atoms with Crippen LogP contribution in [0.4, 0.5) is 0 Å². The molecule has 1 amide bonds. The third kappa shape index (κ3) is 3.65. The number of hydrogen-bond acceptors (Lipinski definition) is 6. The first-order valence-corrected chi connectivity index (χ1v) is 9.62. The van der Waals surface area contributed by atoms with E-state index in [0.29, 0.717) is 23.5 Å². The van der Waals surface area contributed by atoms with Crippen molar-refractivity contribution >= 4 is 50.6 Å². The average Bonchev–Trinajstić information content (AvgIpc) is 3.18. The molecule has 5 nitrogen and oxygen atoms in total. The van der Waals surface area contributed by atoms with Gasteiger partial charge in [0, 0.05) is 11.9 Å². The summed E-state index contributed by atoms with van der Waals surface area (Å²) in [6.45, 7) is 2.37. The molecule has 3 aromatic rings. The Labute approximate surface area is 145 Å². The maximum atomic E-state index is 12.2. The van der Waals surface area contributed by atoms with E-state index in [4.69, 9.17) is 0 Å². The van der Waals surface area contributed by atoms with Crippen molar-refractivity contribution in [2.45, 2.75) is 17.7 Å². The molecule has 120 valence electrons. The highest BCUT2D eigenvalue weighted by Gasteiger charge is 2.11. The zero-order valence-corrected chi connectivity index (χ0v) is 15.1. The van der Waals surface area contributed by atoms with Crippen molar-refractivity contribution in [3.63, 3.8) is 0 Å². The number of carbonyl (C=O) groups is 1. The molecule has 1 N–H and O–H groups in total. The first-order valence-electron chi connectivity index (χ1n) is 6.93. The Morgan fingerprint density at radius 1 is 1.48 bits per heavy atom. The minimum Gasteiger partial charge on any atom is -0.350 e. The number of fused-ring (bicyclic) bond motifs is 1. The van der Waals surface area contributed by atoms with E-state index in [0.717, 1.165) is 13.9 Å². The monoisotopic (exact) mass is 365 g/mol.